The predicted octanol–water partition coefficient (Wildman–Crippen LogP) is 0.298. The van der Waals surface area contributed by atoms with E-state index < -0.39 is 16.5 Å². The van der Waals surface area contributed by atoms with E-state index in [9.17, 15) is 13.2 Å². The van der Waals surface area contributed by atoms with Gasteiger partial charge in [0.2, 0.25) is 0 Å². The fraction of sp³-hybridized carbons (Fsp3) is 0.125. The number of nitrogens with two attached hydrogens (primary N) is 1. The second-order valence-electron chi connectivity index (χ2n) is 2.89. The second kappa shape index (κ2) is 4.81. The lowest BCUT2D eigenvalue weighted by molar-refractivity contribution is 0.195. The van der Waals surface area contributed by atoms with Gasteiger partial charge in [0.05, 0.1) is 0 Å². The molecular formula is C8H10N2O5S. The molecular weight excluding hydrogens is 236 g/mol. The molecule has 0 aliphatic rings. The highest BCUT2D eigenvalue weighted by Gasteiger charge is 2.11. The summed E-state index contributed by atoms with van der Waals surface area (Å²) in [6.45, 7) is 0.0641. The third-order valence-corrected chi connectivity index (χ3v) is 1.96. The number of benzene rings is 1. The van der Waals surface area contributed by atoms with Crippen molar-refractivity contribution in [1.29, 1.82) is 0 Å². The first-order chi connectivity index (χ1) is 7.37. The Hall–Kier alpha value is -1.80. The molecule has 0 aliphatic carbocycles. The van der Waals surface area contributed by atoms with Crippen molar-refractivity contribution in [2.45, 2.75) is 6.54 Å². The van der Waals surface area contributed by atoms with E-state index in [1.807, 2.05) is 0 Å². The van der Waals surface area contributed by atoms with Crippen molar-refractivity contribution in [2.75, 3.05) is 5.73 Å². The summed E-state index contributed by atoms with van der Waals surface area (Å²) in [5.74, 6) is 0. The molecule has 0 unspecified atom stereocenters. The maximum atomic E-state index is 10.8. The molecule has 0 atom stereocenters. The zero-order valence-corrected chi connectivity index (χ0v) is 8.90. The van der Waals surface area contributed by atoms with Gasteiger partial charge in [-0.05, 0) is 17.7 Å². The van der Waals surface area contributed by atoms with E-state index in [0.29, 0.717) is 11.3 Å². The summed E-state index contributed by atoms with van der Waals surface area (Å²) >= 11 is 0. The molecule has 0 saturated heterocycles. The molecule has 1 amide bonds. The molecule has 16 heavy (non-hydrogen) atoms. The highest BCUT2D eigenvalue weighted by Crippen LogP contribution is 2.04. The van der Waals surface area contributed by atoms with Gasteiger partial charge in [-0.2, -0.15) is 8.42 Å². The fourth-order valence-electron chi connectivity index (χ4n) is 0.935. The average molecular weight is 246 g/mol. The van der Waals surface area contributed by atoms with Crippen LogP contribution in [0.4, 0.5) is 10.5 Å². The first kappa shape index (κ1) is 12.3. The summed E-state index contributed by atoms with van der Waals surface area (Å²) in [7, 11) is -4.77. The molecule has 0 spiro atoms. The molecule has 1 rings (SSSR count). The van der Waals surface area contributed by atoms with Crippen LogP contribution < -0.4 is 11.1 Å². The number of carbonyl (C=O) groups excluding carboxylic acids is 1. The van der Waals surface area contributed by atoms with Crippen LogP contribution >= 0.6 is 0 Å². The largest absolute Gasteiger partial charge is 0.450 e. The molecule has 0 aliphatic heterocycles. The molecule has 1 aromatic carbocycles. The van der Waals surface area contributed by atoms with Gasteiger partial charge in [0.25, 0.3) is 0 Å². The Bertz CT molecular complexity index is 468. The number of nitrogens with one attached hydrogen (secondary N) is 1. The molecule has 0 fully saturated rings. The minimum Gasteiger partial charge on any atom is -0.399 e. The van der Waals surface area contributed by atoms with Gasteiger partial charge in [0.1, 0.15) is 0 Å². The predicted molar refractivity (Wildman–Crippen MR) is 55.7 cm³/mol. The lowest BCUT2D eigenvalue weighted by Crippen LogP contribution is -2.26. The molecule has 4 N–H and O–H groups in total. The third kappa shape index (κ3) is 4.62. The van der Waals surface area contributed by atoms with Gasteiger partial charge >= 0.3 is 16.5 Å². The number of nitrogen functional groups attached to an aromatic ring is 1. The summed E-state index contributed by atoms with van der Waals surface area (Å²) in [5.41, 5.74) is 6.72. The zero-order chi connectivity index (χ0) is 12.2. The molecule has 7 nitrogen and oxygen atoms in total. The van der Waals surface area contributed by atoms with Crippen LogP contribution in [0.3, 0.4) is 0 Å². The van der Waals surface area contributed by atoms with E-state index in [-0.39, 0.29) is 6.54 Å². The van der Waals surface area contributed by atoms with Crippen molar-refractivity contribution in [3.8, 4) is 0 Å². The lowest BCUT2D eigenvalue weighted by atomic mass is 10.2. The van der Waals surface area contributed by atoms with E-state index in [2.05, 4.69) is 9.50 Å². The Labute approximate surface area is 92.2 Å². The Morgan fingerprint density at radius 1 is 1.38 bits per heavy atom. The van der Waals surface area contributed by atoms with E-state index in [0.717, 1.165) is 0 Å². The van der Waals surface area contributed by atoms with Crippen molar-refractivity contribution in [3.63, 3.8) is 0 Å². The van der Waals surface area contributed by atoms with E-state index in [4.69, 9.17) is 10.3 Å². The van der Waals surface area contributed by atoms with Crippen molar-refractivity contribution < 1.29 is 21.9 Å². The first-order valence-corrected chi connectivity index (χ1v) is 5.52. The van der Waals surface area contributed by atoms with Crippen LogP contribution in [-0.2, 0) is 21.1 Å². The van der Waals surface area contributed by atoms with Crippen LogP contribution in [0.15, 0.2) is 24.3 Å². The number of anilines is 1. The number of rotatable bonds is 3. The third-order valence-electron chi connectivity index (χ3n) is 1.60. The van der Waals surface area contributed by atoms with Crippen molar-refractivity contribution in [2.24, 2.45) is 0 Å². The zero-order valence-electron chi connectivity index (χ0n) is 8.08. The highest BCUT2D eigenvalue weighted by molar-refractivity contribution is 7.81. The second-order valence-corrected chi connectivity index (χ2v) is 3.92. The summed E-state index contributed by atoms with van der Waals surface area (Å²) in [4.78, 5) is 10.8. The van der Waals surface area contributed by atoms with Gasteiger partial charge in [-0.3, -0.25) is 4.55 Å². The fourth-order valence-corrected chi connectivity index (χ4v) is 1.19. The van der Waals surface area contributed by atoms with Gasteiger partial charge in [-0.25, -0.2) is 4.79 Å². The Morgan fingerprint density at radius 3 is 2.44 bits per heavy atom. The van der Waals surface area contributed by atoms with Gasteiger partial charge in [-0.15, -0.1) is 0 Å². The number of hydrogen-bond acceptors (Lipinski definition) is 5. The van der Waals surface area contributed by atoms with Crippen LogP contribution in [-0.4, -0.2) is 19.1 Å². The van der Waals surface area contributed by atoms with Crippen molar-refractivity contribution >= 4 is 22.2 Å². The molecule has 88 valence electrons. The van der Waals surface area contributed by atoms with Gasteiger partial charge in [0, 0.05) is 12.2 Å². The summed E-state index contributed by atoms with van der Waals surface area (Å²) in [5, 5.41) is 2.13. The maximum absolute atomic E-state index is 10.8. The van der Waals surface area contributed by atoms with Crippen molar-refractivity contribution in [3.05, 3.63) is 29.8 Å². The Balaban J connectivity index is 2.46. The lowest BCUT2D eigenvalue weighted by Gasteiger charge is -2.04. The van der Waals surface area contributed by atoms with Crippen LogP contribution in [0.2, 0.25) is 0 Å². The molecule has 1 aromatic rings. The quantitative estimate of drug-likeness (QED) is 0.521. The SMILES string of the molecule is Nc1ccc(CNC(=O)OS(=O)(=O)O)cc1. The smallest absolute Gasteiger partial charge is 0.399 e. The van der Waals surface area contributed by atoms with Gasteiger partial charge < -0.3 is 15.2 Å². The Kier molecular flexibility index (Phi) is 3.69. The van der Waals surface area contributed by atoms with Crippen LogP contribution in [0.25, 0.3) is 0 Å². The summed E-state index contributed by atoms with van der Waals surface area (Å²) in [6.07, 6.45) is -1.25. The standard InChI is InChI=1S/C8H10N2O5S/c9-7-3-1-6(2-4-7)5-10-8(11)15-16(12,13)14/h1-4H,5,9H2,(H,10,11)(H,12,13,14). The van der Waals surface area contributed by atoms with Crippen LogP contribution in [0, 0.1) is 0 Å². The molecule has 0 aromatic heterocycles. The monoisotopic (exact) mass is 246 g/mol. The minimum absolute atomic E-state index is 0.0641. The van der Waals surface area contributed by atoms with Crippen LogP contribution in [0.5, 0.6) is 0 Å². The van der Waals surface area contributed by atoms with E-state index >= 15 is 0 Å². The average Bonchev–Trinajstić information content (AvgIpc) is 2.14. The summed E-state index contributed by atoms with van der Waals surface area (Å²) < 4.78 is 32.1. The molecule has 0 saturated carbocycles. The molecule has 0 heterocycles. The van der Waals surface area contributed by atoms with Crippen LogP contribution in [0.1, 0.15) is 5.56 Å². The number of amides is 1. The first-order valence-electron chi connectivity index (χ1n) is 4.16. The Morgan fingerprint density at radius 2 is 1.94 bits per heavy atom. The van der Waals surface area contributed by atoms with Gasteiger partial charge in [0.15, 0.2) is 0 Å². The van der Waals surface area contributed by atoms with E-state index in [1.54, 1.807) is 24.3 Å². The topological polar surface area (TPSA) is 119 Å². The molecule has 8 heteroatoms. The number of carbonyl (C=O) groups is 1. The maximum Gasteiger partial charge on any atom is 0.450 e. The number of hydrogen-bond donors (Lipinski definition) is 3. The normalized spacial score (nSPS) is 10.8. The van der Waals surface area contributed by atoms with Crippen molar-refractivity contribution in [1.82, 2.24) is 5.32 Å². The minimum atomic E-state index is -4.77. The molecule has 0 bridgehead atoms. The van der Waals surface area contributed by atoms with Gasteiger partial charge in [-0.1, -0.05) is 12.1 Å². The highest BCUT2D eigenvalue weighted by atomic mass is 32.3. The van der Waals surface area contributed by atoms with E-state index in [1.165, 1.54) is 0 Å². The molecule has 0 radical (unpaired) electrons. The summed E-state index contributed by atoms with van der Waals surface area (Å²) in [6, 6.07) is 6.57.